The van der Waals surface area contributed by atoms with Crippen LogP contribution in [0.15, 0.2) is 48.5 Å². The molecule has 0 atom stereocenters. The summed E-state index contributed by atoms with van der Waals surface area (Å²) in [6.45, 7) is 0. The molecule has 60 valence electrons. The molecule has 0 fully saturated rings. The maximum atomic E-state index is 2.12. The standard InChI is InChI=1S/C10H8.2Fe/c1-2-6-9(5-1)10-7-3-4-8-10;;/h1-8H;;/q-6;2*+5. The molecule has 2 aromatic rings. The molecule has 12 heavy (non-hydrogen) atoms. The summed E-state index contributed by atoms with van der Waals surface area (Å²) in [7, 11) is 0. The number of hydrogen-bond donors (Lipinski definition) is 0. The molecule has 2 heteroatoms. The van der Waals surface area contributed by atoms with Gasteiger partial charge in [-0.25, -0.2) is 0 Å². The minimum atomic E-state index is 0. The molecule has 2 aromatic carbocycles. The van der Waals surface area contributed by atoms with E-state index >= 15 is 0 Å². The third-order valence-electron chi connectivity index (χ3n) is 1.66. The van der Waals surface area contributed by atoms with Crippen molar-refractivity contribution in [3.8, 4) is 11.1 Å². The van der Waals surface area contributed by atoms with Crippen LogP contribution < -0.4 is 0 Å². The van der Waals surface area contributed by atoms with E-state index in [1.54, 1.807) is 0 Å². The normalized spacial score (nSPS) is 8.33. The third kappa shape index (κ3) is 2.36. The van der Waals surface area contributed by atoms with E-state index in [4.69, 9.17) is 0 Å². The van der Waals surface area contributed by atoms with Crippen LogP contribution in [0, 0.1) is 0 Å². The van der Waals surface area contributed by atoms with Gasteiger partial charge in [0, 0.05) is 0 Å². The maximum absolute atomic E-state index is 2.12. The summed E-state index contributed by atoms with van der Waals surface area (Å²) in [6.07, 6.45) is 0. The second kappa shape index (κ2) is 5.40. The first-order chi connectivity index (χ1) is 4.97. The van der Waals surface area contributed by atoms with Gasteiger partial charge in [-0.2, -0.15) is 0 Å². The van der Waals surface area contributed by atoms with Crippen LogP contribution in [0.4, 0.5) is 0 Å². The molecule has 2 rings (SSSR count). The van der Waals surface area contributed by atoms with Crippen LogP contribution in [0.25, 0.3) is 11.1 Å². The Hall–Kier alpha value is -0.261. The van der Waals surface area contributed by atoms with Crippen LogP contribution in [0.1, 0.15) is 0 Å². The van der Waals surface area contributed by atoms with Gasteiger partial charge in [-0.3, -0.25) is 0 Å². The third-order valence-corrected chi connectivity index (χ3v) is 1.66. The molecule has 0 unspecified atom stereocenters. The molecule has 0 saturated heterocycles. The Kier molecular flexibility index (Phi) is 5.28. The van der Waals surface area contributed by atoms with Crippen molar-refractivity contribution in [2.24, 2.45) is 0 Å². The predicted octanol–water partition coefficient (Wildman–Crippen LogP) is 2.79. The quantitative estimate of drug-likeness (QED) is 0.531. The zero-order valence-electron chi connectivity index (χ0n) is 6.33. The van der Waals surface area contributed by atoms with Gasteiger partial charge in [-0.1, -0.05) is 0 Å². The molecule has 0 nitrogen and oxygen atoms in total. The van der Waals surface area contributed by atoms with E-state index in [0.717, 1.165) is 0 Å². The van der Waals surface area contributed by atoms with Crippen LogP contribution in [-0.4, -0.2) is 0 Å². The molecule has 2 radical (unpaired) electrons. The second-order valence-corrected chi connectivity index (χ2v) is 2.35. The van der Waals surface area contributed by atoms with Crippen LogP contribution in [0.2, 0.25) is 0 Å². The van der Waals surface area contributed by atoms with Crippen molar-refractivity contribution in [2.75, 3.05) is 0 Å². The Bertz CT molecular complexity index is 247. The Balaban J connectivity index is 0.000000605. The van der Waals surface area contributed by atoms with Crippen LogP contribution in [-0.2, 0) is 34.1 Å². The first-order valence-electron chi connectivity index (χ1n) is 3.40. The van der Waals surface area contributed by atoms with Gasteiger partial charge in [0.05, 0.1) is 0 Å². The van der Waals surface area contributed by atoms with Crippen LogP contribution >= 0.6 is 0 Å². The SMILES string of the molecule is [Fe+5].[Fe+5].c1cc[c-](-[c-]2[cH-][cH-][cH-][cH-]2)c1. The summed E-state index contributed by atoms with van der Waals surface area (Å²) in [5, 5.41) is 0. The van der Waals surface area contributed by atoms with E-state index in [1.807, 2.05) is 0 Å². The van der Waals surface area contributed by atoms with Gasteiger partial charge in [-0.15, -0.1) is 0 Å². The van der Waals surface area contributed by atoms with Gasteiger partial charge in [0.15, 0.2) is 0 Å². The topological polar surface area (TPSA) is 0 Å². The Morgan fingerprint density at radius 1 is 0.833 bits per heavy atom. The zero-order chi connectivity index (χ0) is 6.81. The van der Waals surface area contributed by atoms with E-state index in [9.17, 15) is 0 Å². The molecule has 0 spiro atoms. The molecule has 0 bridgehead atoms. The fourth-order valence-electron chi connectivity index (χ4n) is 1.13. The Morgan fingerprint density at radius 3 is 1.83 bits per heavy atom. The van der Waals surface area contributed by atoms with E-state index in [0.29, 0.717) is 0 Å². The number of hydrogen-bond acceptors (Lipinski definition) is 0. The van der Waals surface area contributed by atoms with E-state index in [1.165, 1.54) is 11.1 Å². The first-order valence-corrected chi connectivity index (χ1v) is 3.40. The molecular formula is C10H8Fe2+4. The first kappa shape index (κ1) is 11.7. The predicted molar refractivity (Wildman–Crippen MR) is 43.1 cm³/mol. The molecular weight excluding hydrogens is 232 g/mol. The molecule has 0 aliphatic heterocycles. The van der Waals surface area contributed by atoms with Gasteiger partial charge in [0.25, 0.3) is 0 Å². The van der Waals surface area contributed by atoms with E-state index < -0.39 is 0 Å². The van der Waals surface area contributed by atoms with Crippen LogP contribution in [0.3, 0.4) is 0 Å². The zero-order valence-corrected chi connectivity index (χ0v) is 8.53. The largest absolute Gasteiger partial charge is 5.00 e. The fourth-order valence-corrected chi connectivity index (χ4v) is 1.13. The van der Waals surface area contributed by atoms with E-state index in [2.05, 4.69) is 48.5 Å². The Morgan fingerprint density at radius 2 is 1.33 bits per heavy atom. The van der Waals surface area contributed by atoms with Crippen LogP contribution in [0.5, 0.6) is 0 Å². The molecule has 0 aliphatic carbocycles. The number of rotatable bonds is 1. The second-order valence-electron chi connectivity index (χ2n) is 2.35. The van der Waals surface area contributed by atoms with Crippen molar-refractivity contribution in [1.82, 2.24) is 0 Å². The summed E-state index contributed by atoms with van der Waals surface area (Å²) in [6, 6.07) is 16.7. The van der Waals surface area contributed by atoms with Gasteiger partial charge in [0.1, 0.15) is 0 Å². The summed E-state index contributed by atoms with van der Waals surface area (Å²) in [5.41, 5.74) is 2.62. The smallest absolute Gasteiger partial charge is 0.565 e. The molecule has 0 N–H and O–H groups in total. The van der Waals surface area contributed by atoms with Crippen molar-refractivity contribution < 1.29 is 34.1 Å². The monoisotopic (exact) mass is 240 g/mol. The van der Waals surface area contributed by atoms with Gasteiger partial charge in [0.2, 0.25) is 0 Å². The average Bonchev–Trinajstić information content (AvgIpc) is 2.59. The summed E-state index contributed by atoms with van der Waals surface area (Å²) >= 11 is 0. The van der Waals surface area contributed by atoms with Crippen molar-refractivity contribution in [3.63, 3.8) is 0 Å². The molecule has 0 heterocycles. The van der Waals surface area contributed by atoms with Gasteiger partial charge >= 0.3 is 34.1 Å². The average molecular weight is 240 g/mol. The van der Waals surface area contributed by atoms with E-state index in [-0.39, 0.29) is 34.1 Å². The Labute approximate surface area is 93.7 Å². The molecule has 0 aliphatic rings. The molecule has 0 aromatic heterocycles. The molecule has 0 amide bonds. The van der Waals surface area contributed by atoms with Gasteiger partial charge in [-0.05, 0) is 0 Å². The summed E-state index contributed by atoms with van der Waals surface area (Å²) in [5.74, 6) is 0. The van der Waals surface area contributed by atoms with Gasteiger partial charge < -0.3 is 59.7 Å². The molecule has 0 saturated carbocycles. The van der Waals surface area contributed by atoms with Crippen molar-refractivity contribution >= 4 is 0 Å². The fraction of sp³-hybridized carbons (Fsp3) is 0. The summed E-state index contributed by atoms with van der Waals surface area (Å²) < 4.78 is 0. The summed E-state index contributed by atoms with van der Waals surface area (Å²) in [4.78, 5) is 0. The van der Waals surface area contributed by atoms with Crippen molar-refractivity contribution in [2.45, 2.75) is 0 Å². The van der Waals surface area contributed by atoms with Crippen molar-refractivity contribution in [1.29, 1.82) is 0 Å². The minimum Gasteiger partial charge on any atom is -0.565 e. The maximum Gasteiger partial charge on any atom is 5.00 e. The van der Waals surface area contributed by atoms with Crippen molar-refractivity contribution in [3.05, 3.63) is 48.5 Å². The minimum absolute atomic E-state index is 0.